The molecule has 4 nitrogen and oxygen atoms in total. The van der Waals surface area contributed by atoms with Crippen LogP contribution in [0.3, 0.4) is 0 Å². The fraction of sp³-hybridized carbons (Fsp3) is 0.611. The fourth-order valence-corrected chi connectivity index (χ4v) is 3.91. The Bertz CT molecular complexity index is 621. The van der Waals surface area contributed by atoms with Crippen molar-refractivity contribution in [1.29, 1.82) is 0 Å². The summed E-state index contributed by atoms with van der Waals surface area (Å²) in [5.41, 5.74) is 2.47. The third-order valence-electron chi connectivity index (χ3n) is 5.20. The summed E-state index contributed by atoms with van der Waals surface area (Å²) in [4.78, 5) is 7.50. The third kappa shape index (κ3) is 2.90. The number of piperidine rings is 1. The number of para-hydroxylation sites is 2. The summed E-state index contributed by atoms with van der Waals surface area (Å²) >= 11 is 0. The third-order valence-corrected chi connectivity index (χ3v) is 5.20. The molecule has 0 unspecified atom stereocenters. The Labute approximate surface area is 132 Å². The lowest BCUT2D eigenvalue weighted by molar-refractivity contribution is 0.298. The standard InChI is InChI=1S/C18H26N4/c1-2-6-17-16(5-1)20-18(14-21-11-3-4-12-21)22(17)13-15-7-9-19-10-8-15/h1-2,5-6,15,19H,3-4,7-14H2. The number of aromatic nitrogens is 2. The Balaban J connectivity index is 1.63. The van der Waals surface area contributed by atoms with Gasteiger partial charge in [-0.25, -0.2) is 4.98 Å². The van der Waals surface area contributed by atoms with Crippen LogP contribution in [0.5, 0.6) is 0 Å². The van der Waals surface area contributed by atoms with Gasteiger partial charge >= 0.3 is 0 Å². The molecular formula is C18H26N4. The number of likely N-dealkylation sites (tertiary alicyclic amines) is 1. The molecular weight excluding hydrogens is 272 g/mol. The largest absolute Gasteiger partial charge is 0.327 e. The summed E-state index contributed by atoms with van der Waals surface area (Å²) in [5.74, 6) is 2.05. The molecule has 0 radical (unpaired) electrons. The van der Waals surface area contributed by atoms with Crippen molar-refractivity contribution in [1.82, 2.24) is 19.8 Å². The molecule has 1 N–H and O–H groups in total. The van der Waals surface area contributed by atoms with E-state index in [9.17, 15) is 0 Å². The molecule has 22 heavy (non-hydrogen) atoms. The molecule has 0 spiro atoms. The summed E-state index contributed by atoms with van der Waals surface area (Å²) in [6, 6.07) is 8.63. The van der Waals surface area contributed by atoms with E-state index in [1.165, 1.54) is 63.2 Å². The minimum atomic E-state index is 0.788. The van der Waals surface area contributed by atoms with Crippen molar-refractivity contribution in [2.24, 2.45) is 5.92 Å². The van der Waals surface area contributed by atoms with Crippen molar-refractivity contribution in [2.45, 2.75) is 38.8 Å². The minimum absolute atomic E-state index is 0.788. The number of rotatable bonds is 4. The lowest BCUT2D eigenvalue weighted by atomic mass is 9.98. The van der Waals surface area contributed by atoms with Crippen molar-refractivity contribution in [3.63, 3.8) is 0 Å². The van der Waals surface area contributed by atoms with Crippen LogP contribution < -0.4 is 5.32 Å². The number of hydrogen-bond acceptors (Lipinski definition) is 3. The molecule has 4 rings (SSSR count). The Morgan fingerprint density at radius 1 is 1.09 bits per heavy atom. The molecule has 1 aromatic carbocycles. The molecule has 0 aliphatic carbocycles. The molecule has 0 bridgehead atoms. The normalized spacial score (nSPS) is 20.9. The molecule has 3 heterocycles. The van der Waals surface area contributed by atoms with Crippen LogP contribution in [0.2, 0.25) is 0 Å². The molecule has 2 aromatic rings. The summed E-state index contributed by atoms with van der Waals surface area (Å²) in [6.07, 6.45) is 5.26. The van der Waals surface area contributed by atoms with E-state index in [1.807, 2.05) is 0 Å². The van der Waals surface area contributed by atoms with Crippen LogP contribution in [-0.4, -0.2) is 40.6 Å². The van der Waals surface area contributed by atoms with Crippen molar-refractivity contribution >= 4 is 11.0 Å². The average Bonchev–Trinajstić information content (AvgIpc) is 3.18. The van der Waals surface area contributed by atoms with E-state index in [0.717, 1.165) is 24.5 Å². The Morgan fingerprint density at radius 3 is 2.68 bits per heavy atom. The first-order chi connectivity index (χ1) is 10.9. The van der Waals surface area contributed by atoms with E-state index >= 15 is 0 Å². The van der Waals surface area contributed by atoms with Gasteiger partial charge in [-0.1, -0.05) is 12.1 Å². The van der Waals surface area contributed by atoms with Gasteiger partial charge in [-0.3, -0.25) is 4.90 Å². The summed E-state index contributed by atoms with van der Waals surface area (Å²) in [5, 5.41) is 3.47. The van der Waals surface area contributed by atoms with Gasteiger partial charge in [0, 0.05) is 6.54 Å². The van der Waals surface area contributed by atoms with E-state index in [4.69, 9.17) is 4.98 Å². The summed E-state index contributed by atoms with van der Waals surface area (Å²) < 4.78 is 2.50. The monoisotopic (exact) mass is 298 g/mol. The van der Waals surface area contributed by atoms with Crippen LogP contribution in [0.1, 0.15) is 31.5 Å². The van der Waals surface area contributed by atoms with Crippen LogP contribution >= 0.6 is 0 Å². The van der Waals surface area contributed by atoms with Gasteiger partial charge in [0.15, 0.2) is 0 Å². The molecule has 0 saturated carbocycles. The number of benzene rings is 1. The van der Waals surface area contributed by atoms with Gasteiger partial charge in [-0.15, -0.1) is 0 Å². The SMILES string of the molecule is c1ccc2c(c1)nc(CN1CCCC1)n2CC1CCNCC1. The highest BCUT2D eigenvalue weighted by Gasteiger charge is 2.20. The van der Waals surface area contributed by atoms with Crippen molar-refractivity contribution in [2.75, 3.05) is 26.2 Å². The predicted octanol–water partition coefficient (Wildman–Crippen LogP) is 2.63. The maximum Gasteiger partial charge on any atom is 0.124 e. The fourth-order valence-electron chi connectivity index (χ4n) is 3.91. The zero-order valence-electron chi connectivity index (χ0n) is 13.3. The second-order valence-electron chi connectivity index (χ2n) is 6.80. The van der Waals surface area contributed by atoms with Gasteiger partial charge in [-0.05, 0) is 69.9 Å². The van der Waals surface area contributed by atoms with Gasteiger partial charge in [0.25, 0.3) is 0 Å². The van der Waals surface area contributed by atoms with Crippen molar-refractivity contribution < 1.29 is 0 Å². The summed E-state index contributed by atoms with van der Waals surface area (Å²) in [6.45, 7) is 6.94. The van der Waals surface area contributed by atoms with Gasteiger partial charge in [0.2, 0.25) is 0 Å². The first-order valence-corrected chi connectivity index (χ1v) is 8.77. The predicted molar refractivity (Wildman–Crippen MR) is 89.8 cm³/mol. The number of nitrogens with one attached hydrogen (secondary N) is 1. The Morgan fingerprint density at radius 2 is 1.86 bits per heavy atom. The minimum Gasteiger partial charge on any atom is -0.327 e. The second-order valence-corrected chi connectivity index (χ2v) is 6.80. The Kier molecular flexibility index (Phi) is 4.13. The lowest BCUT2D eigenvalue weighted by Gasteiger charge is -2.24. The van der Waals surface area contributed by atoms with Gasteiger partial charge < -0.3 is 9.88 Å². The van der Waals surface area contributed by atoms with E-state index in [1.54, 1.807) is 0 Å². The number of fused-ring (bicyclic) bond motifs is 1. The average molecular weight is 298 g/mol. The highest BCUT2D eigenvalue weighted by atomic mass is 15.2. The van der Waals surface area contributed by atoms with Crippen molar-refractivity contribution in [3.05, 3.63) is 30.1 Å². The Hall–Kier alpha value is -1.39. The molecule has 118 valence electrons. The molecule has 0 amide bonds. The molecule has 4 heteroatoms. The second kappa shape index (κ2) is 6.39. The molecule has 2 fully saturated rings. The number of nitrogens with zero attached hydrogens (tertiary/aromatic N) is 3. The van der Waals surface area contributed by atoms with E-state index < -0.39 is 0 Å². The maximum atomic E-state index is 4.95. The van der Waals surface area contributed by atoms with Crippen LogP contribution in [0.25, 0.3) is 11.0 Å². The highest BCUT2D eigenvalue weighted by Crippen LogP contribution is 2.23. The molecule has 2 saturated heterocycles. The van der Waals surface area contributed by atoms with Crippen LogP contribution in [0, 0.1) is 5.92 Å². The topological polar surface area (TPSA) is 33.1 Å². The zero-order chi connectivity index (χ0) is 14.8. The first kappa shape index (κ1) is 14.2. The van der Waals surface area contributed by atoms with Gasteiger partial charge in [0.1, 0.15) is 5.82 Å². The highest BCUT2D eigenvalue weighted by molar-refractivity contribution is 5.75. The number of imidazole rings is 1. The van der Waals surface area contributed by atoms with Crippen LogP contribution in [-0.2, 0) is 13.1 Å². The quantitative estimate of drug-likeness (QED) is 0.942. The smallest absolute Gasteiger partial charge is 0.124 e. The van der Waals surface area contributed by atoms with E-state index in [0.29, 0.717) is 0 Å². The van der Waals surface area contributed by atoms with Gasteiger partial charge in [0.05, 0.1) is 17.6 Å². The van der Waals surface area contributed by atoms with Crippen LogP contribution in [0.4, 0.5) is 0 Å². The van der Waals surface area contributed by atoms with Crippen LogP contribution in [0.15, 0.2) is 24.3 Å². The first-order valence-electron chi connectivity index (χ1n) is 8.77. The zero-order valence-corrected chi connectivity index (χ0v) is 13.3. The summed E-state index contributed by atoms with van der Waals surface area (Å²) in [7, 11) is 0. The van der Waals surface area contributed by atoms with E-state index in [2.05, 4.69) is 39.0 Å². The lowest BCUT2D eigenvalue weighted by Crippen LogP contribution is -2.30. The van der Waals surface area contributed by atoms with Crippen molar-refractivity contribution in [3.8, 4) is 0 Å². The molecule has 2 aliphatic rings. The maximum absolute atomic E-state index is 4.95. The number of hydrogen-bond donors (Lipinski definition) is 1. The van der Waals surface area contributed by atoms with E-state index in [-0.39, 0.29) is 0 Å². The molecule has 1 aromatic heterocycles. The molecule has 2 aliphatic heterocycles. The van der Waals surface area contributed by atoms with Gasteiger partial charge in [-0.2, -0.15) is 0 Å². The molecule has 0 atom stereocenters.